The summed E-state index contributed by atoms with van der Waals surface area (Å²) >= 11 is 0. The highest BCUT2D eigenvalue weighted by Gasteiger charge is 2.56. The predicted octanol–water partition coefficient (Wildman–Crippen LogP) is 8.37. The fourth-order valence-corrected chi connectivity index (χ4v) is 7.27. The van der Waals surface area contributed by atoms with Gasteiger partial charge in [-0.25, -0.2) is 0 Å². The van der Waals surface area contributed by atoms with Crippen LogP contribution in [0.15, 0.2) is 0 Å². The summed E-state index contributed by atoms with van der Waals surface area (Å²) in [7, 11) is 0. The van der Waals surface area contributed by atoms with Crippen molar-refractivity contribution in [2.45, 2.75) is 148 Å². The first-order valence-electron chi connectivity index (χ1n) is 13.4. The summed E-state index contributed by atoms with van der Waals surface area (Å²) in [5.41, 5.74) is 0.0640. The number of carbonyl (C=O) groups is 1. The van der Waals surface area contributed by atoms with Crippen molar-refractivity contribution in [1.82, 2.24) is 0 Å². The summed E-state index contributed by atoms with van der Waals surface area (Å²) in [6.45, 7) is 4.60. The standard InChI is InChI=1S/C27H48O2/c1-3-5-8-13-23-14-16-24(17-15-23)29-25(28)27(21-11-7-12-22-27)26(18-4-2)19-9-6-10-20-26/h23-24H,3-22H2,1-2H3. The number of hydrogen-bond acceptors (Lipinski definition) is 2. The maximum Gasteiger partial charge on any atom is 0.312 e. The molecule has 3 aliphatic rings. The van der Waals surface area contributed by atoms with Crippen molar-refractivity contribution in [2.75, 3.05) is 0 Å². The third-order valence-corrected chi connectivity index (χ3v) is 8.94. The monoisotopic (exact) mass is 404 g/mol. The van der Waals surface area contributed by atoms with E-state index in [1.807, 2.05) is 0 Å². The number of rotatable bonds is 9. The van der Waals surface area contributed by atoms with Gasteiger partial charge in [0.15, 0.2) is 0 Å². The van der Waals surface area contributed by atoms with Crippen molar-refractivity contribution in [1.29, 1.82) is 0 Å². The van der Waals surface area contributed by atoms with E-state index < -0.39 is 0 Å². The number of ether oxygens (including phenoxy) is 1. The molecule has 0 aromatic carbocycles. The van der Waals surface area contributed by atoms with Crippen molar-refractivity contribution in [2.24, 2.45) is 16.7 Å². The van der Waals surface area contributed by atoms with Gasteiger partial charge in [0, 0.05) is 0 Å². The van der Waals surface area contributed by atoms with Gasteiger partial charge in [-0.1, -0.05) is 84.5 Å². The molecule has 3 saturated carbocycles. The molecule has 3 aliphatic carbocycles. The van der Waals surface area contributed by atoms with Crippen LogP contribution in [0.4, 0.5) is 0 Å². The molecule has 0 heterocycles. The Kier molecular flexibility index (Phi) is 8.93. The second kappa shape index (κ2) is 11.2. The van der Waals surface area contributed by atoms with Crippen LogP contribution in [0.25, 0.3) is 0 Å². The predicted molar refractivity (Wildman–Crippen MR) is 122 cm³/mol. The highest BCUT2D eigenvalue weighted by Crippen LogP contribution is 2.60. The van der Waals surface area contributed by atoms with Gasteiger partial charge in [-0.05, 0) is 69.1 Å². The van der Waals surface area contributed by atoms with Crippen LogP contribution in [-0.2, 0) is 9.53 Å². The molecule has 0 aromatic rings. The van der Waals surface area contributed by atoms with Crippen LogP contribution in [-0.4, -0.2) is 12.1 Å². The molecule has 0 radical (unpaired) electrons. The van der Waals surface area contributed by atoms with E-state index in [4.69, 9.17) is 4.74 Å². The smallest absolute Gasteiger partial charge is 0.312 e. The van der Waals surface area contributed by atoms with Crippen LogP contribution in [0.1, 0.15) is 142 Å². The highest BCUT2D eigenvalue weighted by molar-refractivity contribution is 5.78. The Morgan fingerprint density at radius 1 is 0.793 bits per heavy atom. The lowest BCUT2D eigenvalue weighted by atomic mass is 9.50. The van der Waals surface area contributed by atoms with Gasteiger partial charge in [-0.2, -0.15) is 0 Å². The average Bonchev–Trinajstić information content (AvgIpc) is 2.76. The molecule has 3 fully saturated rings. The lowest BCUT2D eigenvalue weighted by Gasteiger charge is -2.53. The van der Waals surface area contributed by atoms with Crippen molar-refractivity contribution in [3.05, 3.63) is 0 Å². The average molecular weight is 405 g/mol. The van der Waals surface area contributed by atoms with Crippen LogP contribution in [0.2, 0.25) is 0 Å². The van der Waals surface area contributed by atoms with Crippen LogP contribution in [0.5, 0.6) is 0 Å². The molecular weight excluding hydrogens is 356 g/mol. The molecule has 0 amide bonds. The van der Waals surface area contributed by atoms with E-state index in [9.17, 15) is 4.79 Å². The summed E-state index contributed by atoms with van der Waals surface area (Å²) < 4.78 is 6.39. The van der Waals surface area contributed by atoms with Crippen molar-refractivity contribution >= 4 is 5.97 Å². The normalized spacial score (nSPS) is 29.3. The Morgan fingerprint density at radius 3 is 2.00 bits per heavy atom. The molecule has 2 heteroatoms. The van der Waals surface area contributed by atoms with Crippen molar-refractivity contribution in [3.63, 3.8) is 0 Å². The Hall–Kier alpha value is -0.530. The van der Waals surface area contributed by atoms with Gasteiger partial charge in [0.05, 0.1) is 5.41 Å². The summed E-state index contributed by atoms with van der Waals surface area (Å²) in [6.07, 6.45) is 25.3. The quantitative estimate of drug-likeness (QED) is 0.285. The van der Waals surface area contributed by atoms with E-state index in [1.54, 1.807) is 0 Å². The van der Waals surface area contributed by atoms with Gasteiger partial charge in [0.2, 0.25) is 0 Å². The molecule has 0 spiro atoms. The summed E-state index contributed by atoms with van der Waals surface area (Å²) in [5.74, 6) is 1.10. The number of hydrogen-bond donors (Lipinski definition) is 0. The molecule has 0 unspecified atom stereocenters. The molecule has 0 bridgehead atoms. The Balaban J connectivity index is 1.64. The molecule has 0 saturated heterocycles. The molecular formula is C27H48O2. The lowest BCUT2D eigenvalue weighted by Crippen LogP contribution is -2.51. The van der Waals surface area contributed by atoms with Gasteiger partial charge < -0.3 is 4.74 Å². The van der Waals surface area contributed by atoms with Crippen LogP contribution in [0.3, 0.4) is 0 Å². The van der Waals surface area contributed by atoms with Gasteiger partial charge in [-0.15, -0.1) is 0 Å². The molecule has 2 nitrogen and oxygen atoms in total. The number of carbonyl (C=O) groups excluding carboxylic acids is 1. The zero-order valence-electron chi connectivity index (χ0n) is 19.6. The largest absolute Gasteiger partial charge is 0.462 e. The second-order valence-corrected chi connectivity index (χ2v) is 10.8. The summed E-state index contributed by atoms with van der Waals surface area (Å²) in [6, 6.07) is 0. The maximum atomic E-state index is 13.8. The van der Waals surface area contributed by atoms with Crippen LogP contribution >= 0.6 is 0 Å². The summed E-state index contributed by atoms with van der Waals surface area (Å²) in [5, 5.41) is 0. The highest BCUT2D eigenvalue weighted by atomic mass is 16.5. The van der Waals surface area contributed by atoms with E-state index in [2.05, 4.69) is 13.8 Å². The van der Waals surface area contributed by atoms with E-state index >= 15 is 0 Å². The summed E-state index contributed by atoms with van der Waals surface area (Å²) in [4.78, 5) is 13.8. The first-order valence-corrected chi connectivity index (χ1v) is 13.4. The first kappa shape index (κ1) is 23.1. The topological polar surface area (TPSA) is 26.3 Å². The number of esters is 1. The SMILES string of the molecule is CCCCCC1CCC(OC(=O)C2(C3(CCC)CCCCC3)CCCCC2)CC1. The molecule has 3 rings (SSSR count). The van der Waals surface area contributed by atoms with Crippen molar-refractivity contribution < 1.29 is 9.53 Å². The minimum atomic E-state index is -0.167. The Bertz CT molecular complexity index is 471. The molecule has 168 valence electrons. The minimum Gasteiger partial charge on any atom is -0.462 e. The molecule has 0 atom stereocenters. The molecule has 0 aliphatic heterocycles. The fourth-order valence-electron chi connectivity index (χ4n) is 7.27. The fraction of sp³-hybridized carbons (Fsp3) is 0.963. The third kappa shape index (κ3) is 5.40. The van der Waals surface area contributed by atoms with Gasteiger partial charge >= 0.3 is 5.97 Å². The lowest BCUT2D eigenvalue weighted by molar-refractivity contribution is -0.181. The van der Waals surface area contributed by atoms with Crippen LogP contribution in [0, 0.1) is 16.7 Å². The van der Waals surface area contributed by atoms with E-state index in [0.29, 0.717) is 0 Å². The van der Waals surface area contributed by atoms with Crippen molar-refractivity contribution in [3.8, 4) is 0 Å². The van der Waals surface area contributed by atoms with E-state index in [0.717, 1.165) is 31.6 Å². The zero-order valence-corrected chi connectivity index (χ0v) is 19.6. The van der Waals surface area contributed by atoms with Gasteiger partial charge in [0.25, 0.3) is 0 Å². The third-order valence-electron chi connectivity index (χ3n) is 8.94. The Labute approximate surface area is 180 Å². The molecule has 29 heavy (non-hydrogen) atoms. The van der Waals surface area contributed by atoms with E-state index in [-0.39, 0.29) is 22.9 Å². The van der Waals surface area contributed by atoms with Crippen LogP contribution < -0.4 is 0 Å². The zero-order chi connectivity index (χ0) is 20.6. The van der Waals surface area contributed by atoms with E-state index in [1.165, 1.54) is 103 Å². The first-order chi connectivity index (χ1) is 14.2. The number of unbranched alkanes of at least 4 members (excludes halogenated alkanes) is 2. The minimum absolute atomic E-state index is 0.167. The molecule has 0 aromatic heterocycles. The van der Waals surface area contributed by atoms with Gasteiger partial charge in [-0.3, -0.25) is 4.79 Å². The Morgan fingerprint density at radius 2 is 1.41 bits per heavy atom. The maximum absolute atomic E-state index is 13.8. The second-order valence-electron chi connectivity index (χ2n) is 10.8. The van der Waals surface area contributed by atoms with Gasteiger partial charge in [0.1, 0.15) is 6.10 Å². The molecule has 0 N–H and O–H groups in total.